The summed E-state index contributed by atoms with van der Waals surface area (Å²) in [5.41, 5.74) is 2.19. The fourth-order valence-corrected chi connectivity index (χ4v) is 4.08. The van der Waals surface area contributed by atoms with Crippen LogP contribution < -0.4 is 19.1 Å². The molecule has 1 aliphatic heterocycles. The molecule has 0 saturated heterocycles. The number of nitrogens with one attached hydrogen (secondary N) is 1. The minimum absolute atomic E-state index is 0.178. The molecular weight excluding hydrogens is 416 g/mol. The van der Waals surface area contributed by atoms with E-state index >= 15 is 0 Å². The van der Waals surface area contributed by atoms with Crippen molar-refractivity contribution >= 4 is 21.6 Å². The van der Waals surface area contributed by atoms with Crippen LogP contribution in [-0.4, -0.2) is 39.3 Å². The van der Waals surface area contributed by atoms with Gasteiger partial charge in [-0.2, -0.15) is 0 Å². The lowest BCUT2D eigenvalue weighted by Gasteiger charge is -2.38. The average molecular weight is 447 g/mol. The predicted octanol–water partition coefficient (Wildman–Crippen LogP) is 3.58. The van der Waals surface area contributed by atoms with E-state index in [1.165, 1.54) is 11.4 Å². The zero-order valence-electron chi connectivity index (χ0n) is 18.8. The number of nitrogens with zero attached hydrogens (tertiary/aromatic N) is 1. The smallest absolute Gasteiger partial charge is 0.261 e. The zero-order chi connectivity index (χ0) is 23.0. The van der Waals surface area contributed by atoms with Gasteiger partial charge in [0.15, 0.2) is 6.10 Å². The quantitative estimate of drug-likeness (QED) is 0.733. The van der Waals surface area contributed by atoms with E-state index in [4.69, 9.17) is 9.47 Å². The van der Waals surface area contributed by atoms with Crippen molar-refractivity contribution in [3.05, 3.63) is 53.6 Å². The van der Waals surface area contributed by atoms with Crippen LogP contribution in [0.25, 0.3) is 0 Å². The number of carbonyl (C=O) groups excluding carboxylic acids is 1. The fourth-order valence-electron chi connectivity index (χ4n) is 3.58. The third kappa shape index (κ3) is 5.50. The molecule has 2 aromatic rings. The zero-order valence-corrected chi connectivity index (χ0v) is 19.6. The SMILES string of the molecule is Cc1ccc2c(c1)[C@H](NC(=O)[C@H](C)Oc1ccc(N(C)S(C)(=O)=O)cc1)CC(C)(C)O2. The van der Waals surface area contributed by atoms with Gasteiger partial charge in [0.05, 0.1) is 18.0 Å². The Morgan fingerprint density at radius 2 is 1.87 bits per heavy atom. The first-order valence-electron chi connectivity index (χ1n) is 10.2. The van der Waals surface area contributed by atoms with Gasteiger partial charge < -0.3 is 14.8 Å². The van der Waals surface area contributed by atoms with Gasteiger partial charge in [-0.25, -0.2) is 8.42 Å². The molecule has 2 atom stereocenters. The number of fused-ring (bicyclic) bond motifs is 1. The van der Waals surface area contributed by atoms with Crippen molar-refractivity contribution in [2.24, 2.45) is 0 Å². The van der Waals surface area contributed by atoms with Crippen molar-refractivity contribution < 1.29 is 22.7 Å². The van der Waals surface area contributed by atoms with Gasteiger partial charge in [0.2, 0.25) is 10.0 Å². The number of anilines is 1. The Morgan fingerprint density at radius 1 is 1.23 bits per heavy atom. The molecule has 1 N–H and O–H groups in total. The van der Waals surface area contributed by atoms with Gasteiger partial charge in [-0.3, -0.25) is 9.10 Å². The van der Waals surface area contributed by atoms with Crippen molar-refractivity contribution in [2.75, 3.05) is 17.6 Å². The minimum atomic E-state index is -3.34. The molecule has 31 heavy (non-hydrogen) atoms. The van der Waals surface area contributed by atoms with Crippen LogP contribution in [-0.2, 0) is 14.8 Å². The van der Waals surface area contributed by atoms with E-state index in [0.29, 0.717) is 17.9 Å². The molecule has 8 heteroatoms. The van der Waals surface area contributed by atoms with Crippen LogP contribution in [0.5, 0.6) is 11.5 Å². The van der Waals surface area contributed by atoms with Crippen LogP contribution in [0.15, 0.2) is 42.5 Å². The molecule has 0 saturated carbocycles. The standard InChI is InChI=1S/C23H30N2O5S/c1-15-7-12-21-19(13-15)20(14-23(3,4)30-21)24-22(26)16(2)29-18-10-8-17(9-11-18)25(5)31(6,27)28/h7-13,16,20H,14H2,1-6H3,(H,24,26)/t16-,20+/m0/s1. The summed E-state index contributed by atoms with van der Waals surface area (Å²) >= 11 is 0. The van der Waals surface area contributed by atoms with Crippen LogP contribution in [0.4, 0.5) is 5.69 Å². The van der Waals surface area contributed by atoms with E-state index in [-0.39, 0.29) is 11.9 Å². The number of benzene rings is 2. The number of carbonyl (C=O) groups is 1. The van der Waals surface area contributed by atoms with Crippen molar-refractivity contribution in [2.45, 2.75) is 51.9 Å². The lowest BCUT2D eigenvalue weighted by Crippen LogP contribution is -2.44. The first-order valence-corrected chi connectivity index (χ1v) is 12.0. The van der Waals surface area contributed by atoms with Gasteiger partial charge in [-0.15, -0.1) is 0 Å². The van der Waals surface area contributed by atoms with E-state index in [2.05, 4.69) is 5.32 Å². The molecule has 3 rings (SSSR count). The Bertz CT molecular complexity index is 1060. The summed E-state index contributed by atoms with van der Waals surface area (Å²) in [5.74, 6) is 1.04. The Balaban J connectivity index is 1.69. The molecule has 0 aromatic heterocycles. The van der Waals surface area contributed by atoms with Gasteiger partial charge in [-0.05, 0) is 58.0 Å². The maximum absolute atomic E-state index is 12.9. The highest BCUT2D eigenvalue weighted by atomic mass is 32.2. The molecule has 1 amide bonds. The first kappa shape index (κ1) is 22.9. The number of aryl methyl sites for hydroxylation is 1. The van der Waals surface area contributed by atoms with E-state index in [1.807, 2.05) is 39.0 Å². The molecule has 168 valence electrons. The highest BCUT2D eigenvalue weighted by Crippen LogP contribution is 2.40. The van der Waals surface area contributed by atoms with E-state index in [1.54, 1.807) is 31.2 Å². The van der Waals surface area contributed by atoms with Gasteiger partial charge in [0.1, 0.15) is 17.1 Å². The van der Waals surface area contributed by atoms with Crippen molar-refractivity contribution in [1.82, 2.24) is 5.32 Å². The number of ether oxygens (including phenoxy) is 2. The molecule has 0 spiro atoms. The van der Waals surface area contributed by atoms with Crippen LogP contribution in [0.3, 0.4) is 0 Å². The van der Waals surface area contributed by atoms with Crippen molar-refractivity contribution in [3.8, 4) is 11.5 Å². The second kappa shape index (κ2) is 8.42. The van der Waals surface area contributed by atoms with E-state index < -0.39 is 21.7 Å². The molecule has 0 bridgehead atoms. The summed E-state index contributed by atoms with van der Waals surface area (Å²) in [6.07, 6.45) is 1.06. The molecule has 0 aliphatic carbocycles. The second-order valence-corrected chi connectivity index (χ2v) is 10.7. The van der Waals surface area contributed by atoms with E-state index in [9.17, 15) is 13.2 Å². The Kier molecular flexibility index (Phi) is 6.23. The highest BCUT2D eigenvalue weighted by Gasteiger charge is 2.35. The minimum Gasteiger partial charge on any atom is -0.487 e. The summed E-state index contributed by atoms with van der Waals surface area (Å²) in [6.45, 7) is 7.71. The molecule has 1 aliphatic rings. The Labute approximate surface area is 184 Å². The molecular formula is C23H30N2O5S. The molecule has 0 unspecified atom stereocenters. The van der Waals surface area contributed by atoms with Gasteiger partial charge in [-0.1, -0.05) is 17.7 Å². The number of hydrogen-bond donors (Lipinski definition) is 1. The Morgan fingerprint density at radius 3 is 2.48 bits per heavy atom. The number of rotatable bonds is 6. The van der Waals surface area contributed by atoms with Crippen LogP contribution in [0.1, 0.15) is 44.4 Å². The monoisotopic (exact) mass is 446 g/mol. The third-order valence-electron chi connectivity index (χ3n) is 5.32. The normalized spacial score (nSPS) is 18.3. The lowest BCUT2D eigenvalue weighted by molar-refractivity contribution is -0.128. The Hall–Kier alpha value is -2.74. The van der Waals surface area contributed by atoms with Gasteiger partial charge in [0.25, 0.3) is 5.91 Å². The number of amides is 1. The summed E-state index contributed by atoms with van der Waals surface area (Å²) < 4.78 is 36.4. The van der Waals surface area contributed by atoms with Gasteiger partial charge in [0, 0.05) is 19.0 Å². The average Bonchev–Trinajstić information content (AvgIpc) is 2.67. The largest absolute Gasteiger partial charge is 0.487 e. The van der Waals surface area contributed by atoms with Crippen molar-refractivity contribution in [1.29, 1.82) is 0 Å². The molecule has 0 fully saturated rings. The third-order valence-corrected chi connectivity index (χ3v) is 6.52. The summed E-state index contributed by atoms with van der Waals surface area (Å²) in [7, 11) is -1.86. The van der Waals surface area contributed by atoms with Crippen LogP contribution in [0, 0.1) is 6.92 Å². The fraction of sp³-hybridized carbons (Fsp3) is 0.435. The van der Waals surface area contributed by atoms with Crippen LogP contribution >= 0.6 is 0 Å². The number of sulfonamides is 1. The van der Waals surface area contributed by atoms with Crippen LogP contribution in [0.2, 0.25) is 0 Å². The van der Waals surface area contributed by atoms with Gasteiger partial charge >= 0.3 is 0 Å². The van der Waals surface area contributed by atoms with E-state index in [0.717, 1.165) is 23.1 Å². The summed E-state index contributed by atoms with van der Waals surface area (Å²) in [4.78, 5) is 12.9. The summed E-state index contributed by atoms with van der Waals surface area (Å²) in [5, 5.41) is 3.10. The highest BCUT2D eigenvalue weighted by molar-refractivity contribution is 7.92. The molecule has 0 radical (unpaired) electrons. The number of hydrogen-bond acceptors (Lipinski definition) is 5. The first-order chi connectivity index (χ1) is 14.4. The maximum Gasteiger partial charge on any atom is 0.261 e. The maximum atomic E-state index is 12.9. The molecule has 2 aromatic carbocycles. The summed E-state index contributed by atoms with van der Waals surface area (Å²) in [6, 6.07) is 12.4. The predicted molar refractivity (Wildman–Crippen MR) is 121 cm³/mol. The lowest BCUT2D eigenvalue weighted by atomic mass is 9.89. The second-order valence-electron chi connectivity index (χ2n) is 8.65. The van der Waals surface area contributed by atoms with Crippen molar-refractivity contribution in [3.63, 3.8) is 0 Å². The topological polar surface area (TPSA) is 84.9 Å². The molecule has 7 nitrogen and oxygen atoms in total. The molecule has 1 heterocycles.